The lowest BCUT2D eigenvalue weighted by molar-refractivity contribution is -0.108. The number of carbonyl (C=O) groups excluding carboxylic acids is 2. The number of thioether (sulfide) groups is 2. The van der Waals surface area contributed by atoms with Gasteiger partial charge in [-0.25, -0.2) is 0 Å². The molecule has 0 atom stereocenters. The number of hydrogen-bond acceptors (Lipinski definition) is 6. The van der Waals surface area contributed by atoms with Crippen molar-refractivity contribution in [2.45, 2.75) is 47.5 Å². The second-order valence-electron chi connectivity index (χ2n) is 8.53. The van der Waals surface area contributed by atoms with Gasteiger partial charge in [0.1, 0.15) is 0 Å². The summed E-state index contributed by atoms with van der Waals surface area (Å²) in [6.07, 6.45) is 0. The summed E-state index contributed by atoms with van der Waals surface area (Å²) in [7, 11) is 0. The third-order valence-corrected chi connectivity index (χ3v) is 10.8. The largest absolute Gasteiger partial charge is 0.281 e. The van der Waals surface area contributed by atoms with Crippen molar-refractivity contribution in [3.8, 4) is 0 Å². The minimum atomic E-state index is 0.0731. The number of fused-ring (bicyclic) bond motifs is 3. The Hall–Kier alpha value is -1.34. The lowest BCUT2D eigenvalue weighted by Crippen LogP contribution is -2.01. The lowest BCUT2D eigenvalue weighted by Gasteiger charge is -2.04. The quantitative estimate of drug-likeness (QED) is 0.388. The fourth-order valence-electron chi connectivity index (χ4n) is 4.19. The summed E-state index contributed by atoms with van der Waals surface area (Å²) in [4.78, 5) is 29.7. The van der Waals surface area contributed by atoms with Crippen molar-refractivity contribution in [2.24, 2.45) is 5.92 Å². The zero-order valence-electron chi connectivity index (χ0n) is 17.8. The van der Waals surface area contributed by atoms with Crippen molar-refractivity contribution in [3.05, 3.63) is 48.4 Å². The van der Waals surface area contributed by atoms with Gasteiger partial charge in [0.15, 0.2) is 0 Å². The molecular formula is C24H22O2S4. The van der Waals surface area contributed by atoms with Crippen LogP contribution in [-0.4, -0.2) is 10.2 Å². The van der Waals surface area contributed by atoms with E-state index in [2.05, 4.69) is 39.8 Å². The first-order valence-corrected chi connectivity index (χ1v) is 13.3. The molecule has 0 bridgehead atoms. The number of benzene rings is 1. The van der Waals surface area contributed by atoms with Gasteiger partial charge in [-0.05, 0) is 83.2 Å². The maximum atomic E-state index is 13.0. The third-order valence-electron chi connectivity index (χ3n) is 5.86. The van der Waals surface area contributed by atoms with Gasteiger partial charge < -0.3 is 0 Å². The Bertz CT molecular complexity index is 1290. The first-order valence-electron chi connectivity index (χ1n) is 10.1. The van der Waals surface area contributed by atoms with Crippen LogP contribution in [-0.2, 0) is 9.59 Å². The number of aryl methyl sites for hydroxylation is 2. The number of thiophene rings is 2. The molecule has 0 amide bonds. The van der Waals surface area contributed by atoms with E-state index in [1.165, 1.54) is 59.7 Å². The highest BCUT2D eigenvalue weighted by Gasteiger charge is 2.41. The first-order chi connectivity index (χ1) is 14.2. The van der Waals surface area contributed by atoms with Crippen LogP contribution in [0, 0.1) is 19.8 Å². The maximum absolute atomic E-state index is 13.0. The Balaban J connectivity index is 1.74. The van der Waals surface area contributed by atoms with Crippen molar-refractivity contribution in [1.29, 1.82) is 0 Å². The second kappa shape index (κ2) is 7.09. The zero-order chi connectivity index (χ0) is 21.5. The van der Waals surface area contributed by atoms with Gasteiger partial charge in [-0.3, -0.25) is 9.59 Å². The Kier molecular flexibility index (Phi) is 4.86. The molecule has 0 N–H and O–H groups in total. The molecule has 6 heteroatoms. The van der Waals surface area contributed by atoms with E-state index in [1.54, 1.807) is 11.3 Å². The smallest absolute Gasteiger partial charge is 0.226 e. The lowest BCUT2D eigenvalue weighted by atomic mass is 10.0. The van der Waals surface area contributed by atoms with Crippen LogP contribution in [0.15, 0.2) is 27.5 Å². The van der Waals surface area contributed by atoms with Crippen molar-refractivity contribution in [2.75, 3.05) is 0 Å². The van der Waals surface area contributed by atoms with E-state index in [1.807, 2.05) is 25.2 Å². The van der Waals surface area contributed by atoms with Gasteiger partial charge in [-0.1, -0.05) is 27.7 Å². The summed E-state index contributed by atoms with van der Waals surface area (Å²) in [5, 5.41) is 2.74. The monoisotopic (exact) mass is 470 g/mol. The Morgan fingerprint density at radius 1 is 0.733 bits per heavy atom. The number of carbonyl (C=O) groups is 2. The molecule has 1 aromatic carbocycles. The summed E-state index contributed by atoms with van der Waals surface area (Å²) in [6.45, 7) is 12.9. The highest BCUT2D eigenvalue weighted by Crippen LogP contribution is 2.57. The SMILES string of the molecule is Cc1c2cc(C(C)C)sc2c(C)c2cc(C3=C4SC(=O)C(C(C)C)=C4SC3=O)sc12. The van der Waals surface area contributed by atoms with Crippen molar-refractivity contribution in [1.82, 2.24) is 0 Å². The number of hydrogen-bond donors (Lipinski definition) is 0. The normalized spacial score (nSPS) is 17.2. The molecule has 0 radical (unpaired) electrons. The molecule has 2 aliphatic heterocycles. The molecule has 0 unspecified atom stereocenters. The highest BCUT2D eigenvalue weighted by molar-refractivity contribution is 8.25. The molecule has 2 aromatic heterocycles. The molecule has 30 heavy (non-hydrogen) atoms. The molecule has 0 saturated carbocycles. The summed E-state index contributed by atoms with van der Waals surface area (Å²) >= 11 is 6.07. The molecule has 2 aliphatic rings. The van der Waals surface area contributed by atoms with Crippen LogP contribution >= 0.6 is 46.2 Å². The molecule has 4 heterocycles. The topological polar surface area (TPSA) is 34.1 Å². The van der Waals surface area contributed by atoms with E-state index < -0.39 is 0 Å². The van der Waals surface area contributed by atoms with Gasteiger partial charge in [-0.2, -0.15) is 0 Å². The maximum Gasteiger partial charge on any atom is 0.226 e. The van der Waals surface area contributed by atoms with Crippen LogP contribution in [0.5, 0.6) is 0 Å². The molecule has 0 saturated heterocycles. The van der Waals surface area contributed by atoms with Crippen molar-refractivity contribution in [3.63, 3.8) is 0 Å². The Labute approximate surface area is 192 Å². The number of rotatable bonds is 3. The minimum Gasteiger partial charge on any atom is -0.281 e. The standard InChI is InChI=1S/C24H22O2S4/c1-9(2)15-7-13-11(5)20-14(12(6)19(13)27-15)8-16(28-20)18-22-21(29-24(18)26)17(10(3)4)23(25)30-22/h7-10H,1-6H3. The zero-order valence-corrected chi connectivity index (χ0v) is 21.0. The average molecular weight is 471 g/mol. The molecular weight excluding hydrogens is 449 g/mol. The molecule has 3 aromatic rings. The van der Waals surface area contributed by atoms with E-state index in [4.69, 9.17) is 0 Å². The highest BCUT2D eigenvalue weighted by atomic mass is 32.2. The van der Waals surface area contributed by atoms with Crippen molar-refractivity contribution < 1.29 is 9.59 Å². The Morgan fingerprint density at radius 2 is 1.33 bits per heavy atom. The van der Waals surface area contributed by atoms with Gasteiger partial charge in [0.2, 0.25) is 10.2 Å². The first kappa shape index (κ1) is 20.6. The van der Waals surface area contributed by atoms with E-state index in [9.17, 15) is 9.59 Å². The summed E-state index contributed by atoms with van der Waals surface area (Å²) in [5.74, 6) is 0.651. The fourth-order valence-corrected chi connectivity index (χ4v) is 9.48. The van der Waals surface area contributed by atoms with Crippen LogP contribution in [0.2, 0.25) is 0 Å². The molecule has 0 aliphatic carbocycles. The summed E-state index contributed by atoms with van der Waals surface area (Å²) in [6, 6.07) is 4.52. The van der Waals surface area contributed by atoms with Gasteiger partial charge in [0.25, 0.3) is 0 Å². The van der Waals surface area contributed by atoms with Gasteiger partial charge in [0, 0.05) is 34.5 Å². The van der Waals surface area contributed by atoms with Gasteiger partial charge in [0.05, 0.1) is 5.57 Å². The predicted molar refractivity (Wildman–Crippen MR) is 135 cm³/mol. The average Bonchev–Trinajstić information content (AvgIpc) is 3.40. The van der Waals surface area contributed by atoms with Crippen molar-refractivity contribution >= 4 is 82.2 Å². The second-order valence-corrected chi connectivity index (χ2v) is 12.6. The van der Waals surface area contributed by atoms with Crippen LogP contribution in [0.25, 0.3) is 25.7 Å². The molecule has 0 spiro atoms. The van der Waals surface area contributed by atoms with E-state index in [-0.39, 0.29) is 16.1 Å². The molecule has 0 fully saturated rings. The van der Waals surface area contributed by atoms with Crippen LogP contribution in [0.3, 0.4) is 0 Å². The van der Waals surface area contributed by atoms with E-state index in [0.717, 1.165) is 25.8 Å². The predicted octanol–water partition coefficient (Wildman–Crippen LogP) is 8.02. The van der Waals surface area contributed by atoms with Gasteiger partial charge >= 0.3 is 0 Å². The fraction of sp³-hybridized carbons (Fsp3) is 0.333. The minimum absolute atomic E-state index is 0.0731. The molecule has 2 nitrogen and oxygen atoms in total. The van der Waals surface area contributed by atoms with Crippen LogP contribution < -0.4 is 0 Å². The van der Waals surface area contributed by atoms with E-state index >= 15 is 0 Å². The van der Waals surface area contributed by atoms with E-state index in [0.29, 0.717) is 5.92 Å². The van der Waals surface area contributed by atoms with Crippen LogP contribution in [0.4, 0.5) is 0 Å². The molecule has 154 valence electrons. The molecule has 5 rings (SSSR count). The third kappa shape index (κ3) is 2.84. The van der Waals surface area contributed by atoms with Crippen LogP contribution in [0.1, 0.15) is 54.5 Å². The summed E-state index contributed by atoms with van der Waals surface area (Å²) in [5.41, 5.74) is 4.12. The summed E-state index contributed by atoms with van der Waals surface area (Å²) < 4.78 is 2.61. The Morgan fingerprint density at radius 3 is 1.97 bits per heavy atom. The van der Waals surface area contributed by atoms with Gasteiger partial charge in [-0.15, -0.1) is 22.7 Å².